The Labute approximate surface area is 136 Å². The molecule has 0 spiro atoms. The van der Waals surface area contributed by atoms with Gasteiger partial charge in [0, 0.05) is 12.1 Å². The van der Waals surface area contributed by atoms with Crippen LogP contribution < -0.4 is 8.75 Å². The lowest BCUT2D eigenvalue weighted by molar-refractivity contribution is -0.667. The molecule has 0 aliphatic heterocycles. The van der Waals surface area contributed by atoms with Crippen LogP contribution in [0.5, 0.6) is 5.75 Å². The highest BCUT2D eigenvalue weighted by atomic mass is 32.2. The van der Waals surface area contributed by atoms with Crippen molar-refractivity contribution in [1.82, 2.24) is 0 Å². The standard InChI is InChI=1S/C18H18NO3S/c1-3-19-13-12-18(16-6-4-5-7-17(16)19)22-23(20,21)15-10-8-14(2)9-11-15/h4-13H,3H2,1-2H3/q+1. The van der Waals surface area contributed by atoms with Gasteiger partial charge in [0.15, 0.2) is 11.9 Å². The van der Waals surface area contributed by atoms with E-state index in [1.54, 1.807) is 30.3 Å². The van der Waals surface area contributed by atoms with Gasteiger partial charge in [-0.15, -0.1) is 0 Å². The van der Waals surface area contributed by atoms with Crippen LogP contribution >= 0.6 is 0 Å². The Morgan fingerprint density at radius 3 is 2.39 bits per heavy atom. The zero-order chi connectivity index (χ0) is 16.4. The smallest absolute Gasteiger partial charge is 0.339 e. The van der Waals surface area contributed by atoms with E-state index in [1.807, 2.05) is 48.9 Å². The highest BCUT2D eigenvalue weighted by molar-refractivity contribution is 7.87. The number of hydrogen-bond donors (Lipinski definition) is 0. The molecule has 2 aromatic carbocycles. The molecule has 0 radical (unpaired) electrons. The van der Waals surface area contributed by atoms with E-state index in [9.17, 15) is 8.42 Å². The molecule has 3 aromatic rings. The third-order valence-electron chi connectivity index (χ3n) is 3.73. The van der Waals surface area contributed by atoms with Gasteiger partial charge in [-0.25, -0.2) is 0 Å². The SMILES string of the molecule is CC[n+]1ccc(OS(=O)(=O)c2ccc(C)cc2)c2ccccc21. The predicted octanol–water partition coefficient (Wildman–Crippen LogP) is 3.22. The number of nitrogens with zero attached hydrogens (tertiary/aromatic N) is 1. The summed E-state index contributed by atoms with van der Waals surface area (Å²) in [5, 5.41) is 0.771. The topological polar surface area (TPSA) is 47.2 Å². The van der Waals surface area contributed by atoms with E-state index in [0.29, 0.717) is 5.75 Å². The molecule has 0 N–H and O–H groups in total. The maximum atomic E-state index is 12.5. The molecule has 0 fully saturated rings. The highest BCUT2D eigenvalue weighted by Gasteiger charge is 2.20. The van der Waals surface area contributed by atoms with Crippen molar-refractivity contribution in [2.24, 2.45) is 0 Å². The van der Waals surface area contributed by atoms with Crippen LogP contribution in [0.4, 0.5) is 0 Å². The van der Waals surface area contributed by atoms with Crippen LogP contribution in [0, 0.1) is 6.92 Å². The summed E-state index contributed by atoms with van der Waals surface area (Å²) < 4.78 is 32.4. The van der Waals surface area contributed by atoms with Gasteiger partial charge >= 0.3 is 10.1 Å². The normalized spacial score (nSPS) is 11.6. The van der Waals surface area contributed by atoms with Crippen LogP contribution in [-0.2, 0) is 16.7 Å². The van der Waals surface area contributed by atoms with E-state index >= 15 is 0 Å². The van der Waals surface area contributed by atoms with E-state index in [-0.39, 0.29) is 4.90 Å². The quantitative estimate of drug-likeness (QED) is 0.546. The van der Waals surface area contributed by atoms with Gasteiger partial charge in [-0.1, -0.05) is 29.8 Å². The lowest BCUT2D eigenvalue weighted by atomic mass is 10.2. The molecular formula is C18H18NO3S+. The molecule has 0 atom stereocenters. The first-order valence-electron chi connectivity index (χ1n) is 7.43. The van der Waals surface area contributed by atoms with Gasteiger partial charge in [0.25, 0.3) is 0 Å². The minimum Gasteiger partial charge on any atom is -0.378 e. The molecule has 0 saturated carbocycles. The van der Waals surface area contributed by atoms with Crippen molar-refractivity contribution in [3.63, 3.8) is 0 Å². The van der Waals surface area contributed by atoms with Crippen molar-refractivity contribution in [1.29, 1.82) is 0 Å². The molecule has 3 rings (SSSR count). The van der Waals surface area contributed by atoms with Gasteiger partial charge in [0.2, 0.25) is 5.52 Å². The number of rotatable bonds is 4. The van der Waals surface area contributed by atoms with Crippen LogP contribution in [0.2, 0.25) is 0 Å². The largest absolute Gasteiger partial charge is 0.378 e. The second kappa shape index (κ2) is 6.01. The molecule has 0 aliphatic carbocycles. The molecule has 5 heteroatoms. The summed E-state index contributed by atoms with van der Waals surface area (Å²) in [4.78, 5) is 0.152. The lowest BCUT2D eigenvalue weighted by Crippen LogP contribution is -2.32. The molecular weight excluding hydrogens is 310 g/mol. The van der Waals surface area contributed by atoms with Crippen LogP contribution in [0.1, 0.15) is 12.5 Å². The third-order valence-corrected chi connectivity index (χ3v) is 4.98. The van der Waals surface area contributed by atoms with Crippen molar-refractivity contribution in [2.45, 2.75) is 25.3 Å². The summed E-state index contributed by atoms with van der Waals surface area (Å²) >= 11 is 0. The van der Waals surface area contributed by atoms with Gasteiger partial charge in [0.05, 0.1) is 5.39 Å². The maximum absolute atomic E-state index is 12.5. The summed E-state index contributed by atoms with van der Waals surface area (Å²) in [5.41, 5.74) is 1.93. The van der Waals surface area contributed by atoms with Crippen LogP contribution in [0.3, 0.4) is 0 Å². The van der Waals surface area contributed by atoms with E-state index in [4.69, 9.17) is 4.18 Å². The lowest BCUT2D eigenvalue weighted by Gasteiger charge is -2.09. The van der Waals surface area contributed by atoms with E-state index in [0.717, 1.165) is 23.0 Å². The molecule has 0 amide bonds. The van der Waals surface area contributed by atoms with Gasteiger partial charge in [-0.2, -0.15) is 13.0 Å². The number of hydrogen-bond acceptors (Lipinski definition) is 3. The number of benzene rings is 2. The number of para-hydroxylation sites is 1. The van der Waals surface area contributed by atoms with Gasteiger partial charge in [-0.3, -0.25) is 0 Å². The highest BCUT2D eigenvalue weighted by Crippen LogP contribution is 2.26. The number of pyridine rings is 1. The van der Waals surface area contributed by atoms with Crippen molar-refractivity contribution in [3.8, 4) is 5.75 Å². The number of fused-ring (bicyclic) bond motifs is 1. The van der Waals surface area contributed by atoms with E-state index in [2.05, 4.69) is 0 Å². The van der Waals surface area contributed by atoms with Gasteiger partial charge in [-0.05, 0) is 32.0 Å². The van der Waals surface area contributed by atoms with E-state index in [1.165, 1.54) is 0 Å². The average Bonchev–Trinajstić information content (AvgIpc) is 2.55. The Balaban J connectivity index is 2.06. The fourth-order valence-corrected chi connectivity index (χ4v) is 3.43. The zero-order valence-electron chi connectivity index (χ0n) is 13.1. The fraction of sp³-hybridized carbons (Fsp3) is 0.167. The second-order valence-corrected chi connectivity index (χ2v) is 6.88. The summed E-state index contributed by atoms with van der Waals surface area (Å²) in [5.74, 6) is 0.339. The van der Waals surface area contributed by atoms with Gasteiger partial charge in [0.1, 0.15) is 11.4 Å². The molecule has 0 bridgehead atoms. The Morgan fingerprint density at radius 2 is 1.70 bits per heavy atom. The monoisotopic (exact) mass is 328 g/mol. The predicted molar refractivity (Wildman–Crippen MR) is 88.8 cm³/mol. The van der Waals surface area contributed by atoms with Crippen LogP contribution in [0.25, 0.3) is 10.9 Å². The average molecular weight is 328 g/mol. The Morgan fingerprint density at radius 1 is 1.00 bits per heavy atom. The van der Waals surface area contributed by atoms with Crippen molar-refractivity contribution < 1.29 is 17.2 Å². The second-order valence-electron chi connectivity index (χ2n) is 5.33. The Hall–Kier alpha value is -2.40. The Bertz CT molecular complexity index is 948. The zero-order valence-corrected chi connectivity index (χ0v) is 13.9. The molecule has 0 saturated heterocycles. The first-order chi connectivity index (χ1) is 11.0. The fourth-order valence-electron chi connectivity index (χ4n) is 2.48. The molecule has 4 nitrogen and oxygen atoms in total. The molecule has 1 aromatic heterocycles. The summed E-state index contributed by atoms with van der Waals surface area (Å²) in [6.45, 7) is 4.74. The first-order valence-corrected chi connectivity index (χ1v) is 8.84. The molecule has 118 valence electrons. The van der Waals surface area contributed by atoms with E-state index < -0.39 is 10.1 Å². The first kappa shape index (κ1) is 15.5. The summed E-state index contributed by atoms with van der Waals surface area (Å²) in [6.07, 6.45) is 1.84. The van der Waals surface area contributed by atoms with Gasteiger partial charge < -0.3 is 4.18 Å². The molecule has 0 unspecified atom stereocenters. The molecule has 1 heterocycles. The van der Waals surface area contributed by atoms with Crippen molar-refractivity contribution in [3.05, 3.63) is 66.4 Å². The third kappa shape index (κ3) is 3.05. The molecule has 23 heavy (non-hydrogen) atoms. The van der Waals surface area contributed by atoms with Crippen LogP contribution in [-0.4, -0.2) is 8.42 Å². The van der Waals surface area contributed by atoms with Crippen molar-refractivity contribution >= 4 is 21.0 Å². The number of aryl methyl sites for hydroxylation is 2. The minimum absolute atomic E-state index is 0.152. The number of aromatic nitrogens is 1. The van der Waals surface area contributed by atoms with Crippen molar-refractivity contribution in [2.75, 3.05) is 0 Å². The summed E-state index contributed by atoms with van der Waals surface area (Å²) in [7, 11) is -3.85. The Kier molecular flexibility index (Phi) is 4.05. The minimum atomic E-state index is -3.85. The maximum Gasteiger partial charge on any atom is 0.339 e. The summed E-state index contributed by atoms with van der Waals surface area (Å²) in [6, 6.07) is 15.9. The molecule has 0 aliphatic rings. The van der Waals surface area contributed by atoms with Crippen LogP contribution in [0.15, 0.2) is 65.7 Å².